The lowest BCUT2D eigenvalue weighted by Crippen LogP contribution is -2.56. The molecule has 0 saturated carbocycles. The van der Waals surface area contributed by atoms with E-state index < -0.39 is 28.7 Å². The molecule has 0 bridgehead atoms. The van der Waals surface area contributed by atoms with E-state index in [1.807, 2.05) is 48.6 Å². The van der Waals surface area contributed by atoms with E-state index >= 15 is 0 Å². The summed E-state index contributed by atoms with van der Waals surface area (Å²) in [5, 5.41) is 9.79. The van der Waals surface area contributed by atoms with E-state index in [0.717, 1.165) is 24.5 Å². The maximum Gasteiger partial charge on any atom is 0.311 e. The van der Waals surface area contributed by atoms with Crippen LogP contribution in [-0.4, -0.2) is 82.7 Å². The average molecular weight is 526 g/mol. The zero-order chi connectivity index (χ0) is 26.3. The number of esters is 1. The normalized spacial score (nSPS) is 31.7. The second-order valence-corrected chi connectivity index (χ2v) is 11.5. The molecule has 5 rings (SSSR count). The highest BCUT2D eigenvalue weighted by molar-refractivity contribution is 8.02. The Balaban J connectivity index is 1.56. The predicted octanol–water partition coefficient (Wildman–Crippen LogP) is 2.62. The summed E-state index contributed by atoms with van der Waals surface area (Å²) in [5.41, 5.74) is 1.84. The Labute approximate surface area is 222 Å². The van der Waals surface area contributed by atoms with Crippen molar-refractivity contribution in [2.75, 3.05) is 42.6 Å². The molecule has 0 aromatic heterocycles. The number of carbonyl (C=O) groups is 3. The van der Waals surface area contributed by atoms with Gasteiger partial charge in [-0.15, -0.1) is 11.8 Å². The van der Waals surface area contributed by atoms with Crippen LogP contribution in [0.1, 0.15) is 27.2 Å². The van der Waals surface area contributed by atoms with E-state index in [1.54, 1.807) is 11.8 Å². The summed E-state index contributed by atoms with van der Waals surface area (Å²) in [6.45, 7) is 8.11. The summed E-state index contributed by atoms with van der Waals surface area (Å²) >= 11 is 1.51. The lowest BCUT2D eigenvalue weighted by atomic mass is 9.78. The van der Waals surface area contributed by atoms with Gasteiger partial charge in [0, 0.05) is 36.3 Å². The van der Waals surface area contributed by atoms with Crippen LogP contribution in [0.25, 0.3) is 0 Å². The number of thioether (sulfide) groups is 1. The van der Waals surface area contributed by atoms with Gasteiger partial charge in [-0.25, -0.2) is 0 Å². The first-order chi connectivity index (χ1) is 17.9. The maximum absolute atomic E-state index is 14.3. The van der Waals surface area contributed by atoms with Crippen LogP contribution in [0.4, 0.5) is 11.4 Å². The number of hydrogen-bond donors (Lipinski definition) is 1. The molecule has 2 saturated heterocycles. The molecule has 198 valence electrons. The van der Waals surface area contributed by atoms with E-state index in [2.05, 4.69) is 18.7 Å². The van der Waals surface area contributed by atoms with Gasteiger partial charge in [-0.1, -0.05) is 24.3 Å². The van der Waals surface area contributed by atoms with Gasteiger partial charge in [-0.3, -0.25) is 14.4 Å². The minimum atomic E-state index is -0.920. The van der Waals surface area contributed by atoms with Crippen molar-refractivity contribution in [3.05, 3.63) is 48.6 Å². The van der Waals surface area contributed by atoms with Crippen molar-refractivity contribution >= 4 is 40.9 Å². The first-order valence-electron chi connectivity index (χ1n) is 13.2. The Morgan fingerprint density at radius 3 is 2.54 bits per heavy atom. The molecule has 1 N–H and O–H groups in total. The number of aliphatic hydroxyl groups is 1. The van der Waals surface area contributed by atoms with Crippen LogP contribution >= 0.6 is 11.8 Å². The minimum Gasteiger partial charge on any atom is -0.465 e. The van der Waals surface area contributed by atoms with Gasteiger partial charge in [-0.2, -0.15) is 0 Å². The van der Waals surface area contributed by atoms with Gasteiger partial charge in [0.25, 0.3) is 5.91 Å². The molecular weight excluding hydrogens is 490 g/mol. The van der Waals surface area contributed by atoms with Crippen molar-refractivity contribution < 1.29 is 24.2 Å². The third-order valence-corrected chi connectivity index (χ3v) is 9.83. The smallest absolute Gasteiger partial charge is 0.311 e. The standard InChI is InChI=1S/C28H35N3O5S/c1-4-29(5-2)19-10-12-20(13-11-19)30-15-8-14-28-23(22-21(37-28)9-6-7-16-36-27(22)35)25(33)31(18(3)17-32)24(28)26(30)34/h6,8-14,18,21-24,32H,4-5,7,15-17H2,1-3H3/t18-,21-,22+,23+,24?,28+/m1/s1. The predicted molar refractivity (Wildman–Crippen MR) is 144 cm³/mol. The number of amides is 2. The number of benzene rings is 1. The molecule has 0 radical (unpaired) electrons. The molecule has 2 fully saturated rings. The number of anilines is 2. The lowest BCUT2D eigenvalue weighted by molar-refractivity contribution is -0.153. The number of rotatable bonds is 6. The number of likely N-dealkylation sites (tertiary alicyclic amines) is 1. The molecule has 4 aliphatic heterocycles. The molecule has 4 heterocycles. The van der Waals surface area contributed by atoms with Gasteiger partial charge in [0.05, 0.1) is 35.8 Å². The van der Waals surface area contributed by atoms with E-state index in [1.165, 1.54) is 16.7 Å². The topological polar surface area (TPSA) is 90.4 Å². The van der Waals surface area contributed by atoms with Gasteiger partial charge in [0.1, 0.15) is 6.04 Å². The van der Waals surface area contributed by atoms with Crippen LogP contribution in [0, 0.1) is 11.8 Å². The highest BCUT2D eigenvalue weighted by Gasteiger charge is 2.71. The summed E-state index contributed by atoms with van der Waals surface area (Å²) in [6, 6.07) is 6.52. The minimum absolute atomic E-state index is 0.198. The van der Waals surface area contributed by atoms with E-state index in [4.69, 9.17) is 4.74 Å². The number of cyclic esters (lactones) is 1. The number of nitrogens with zero attached hydrogens (tertiary/aromatic N) is 3. The summed E-state index contributed by atoms with van der Waals surface area (Å²) in [7, 11) is 0. The average Bonchev–Trinajstić information content (AvgIpc) is 3.28. The number of aliphatic hydroxyl groups excluding tert-OH is 1. The largest absolute Gasteiger partial charge is 0.465 e. The first-order valence-corrected chi connectivity index (χ1v) is 14.0. The Bertz CT molecular complexity index is 1120. The van der Waals surface area contributed by atoms with Gasteiger partial charge >= 0.3 is 5.97 Å². The summed E-state index contributed by atoms with van der Waals surface area (Å²) in [4.78, 5) is 46.9. The highest BCUT2D eigenvalue weighted by Crippen LogP contribution is 2.61. The monoisotopic (exact) mass is 525 g/mol. The van der Waals surface area contributed by atoms with E-state index in [-0.39, 0.29) is 36.2 Å². The number of carbonyl (C=O) groups excluding carboxylic acids is 3. The molecule has 4 aliphatic rings. The van der Waals surface area contributed by atoms with Crippen LogP contribution in [0.15, 0.2) is 48.6 Å². The Hall–Kier alpha value is -2.78. The molecule has 1 aromatic carbocycles. The molecule has 6 atom stereocenters. The van der Waals surface area contributed by atoms with Crippen LogP contribution in [0.3, 0.4) is 0 Å². The van der Waals surface area contributed by atoms with Gasteiger partial charge < -0.3 is 24.5 Å². The van der Waals surface area contributed by atoms with Crippen molar-refractivity contribution in [1.82, 2.24) is 4.90 Å². The Morgan fingerprint density at radius 1 is 1.14 bits per heavy atom. The maximum atomic E-state index is 14.3. The van der Waals surface area contributed by atoms with Gasteiger partial charge in [0.15, 0.2) is 0 Å². The molecule has 1 spiro atoms. The third-order valence-electron chi connectivity index (χ3n) is 8.09. The van der Waals surface area contributed by atoms with Crippen molar-refractivity contribution in [1.29, 1.82) is 0 Å². The molecule has 8 nitrogen and oxygen atoms in total. The quantitative estimate of drug-likeness (QED) is 0.451. The fourth-order valence-corrected chi connectivity index (χ4v) is 8.26. The Kier molecular flexibility index (Phi) is 7.11. The van der Waals surface area contributed by atoms with E-state index in [9.17, 15) is 19.5 Å². The molecule has 1 unspecified atom stereocenters. The zero-order valence-corrected chi connectivity index (χ0v) is 22.4. The lowest BCUT2D eigenvalue weighted by Gasteiger charge is -2.37. The number of fused-ring (bicyclic) bond motifs is 2. The molecule has 1 aromatic rings. The zero-order valence-electron chi connectivity index (χ0n) is 21.6. The highest BCUT2D eigenvalue weighted by atomic mass is 32.2. The fourth-order valence-electron chi connectivity index (χ4n) is 6.27. The number of ether oxygens (including phenoxy) is 1. The van der Waals surface area contributed by atoms with Crippen molar-refractivity contribution in [2.45, 2.75) is 49.3 Å². The van der Waals surface area contributed by atoms with E-state index in [0.29, 0.717) is 13.0 Å². The van der Waals surface area contributed by atoms with Gasteiger partial charge in [-0.05, 0) is 51.5 Å². The van der Waals surface area contributed by atoms with Crippen molar-refractivity contribution in [3.8, 4) is 0 Å². The SMILES string of the molecule is CCN(CC)c1ccc(N2CC=C[C@]34S[C@@H]5C=CCCOC(=O)[C@@H]5[C@H]3C(=O)N([C@H](C)CO)C4C2=O)cc1. The molecule has 37 heavy (non-hydrogen) atoms. The molecular formula is C28H35N3O5S. The molecule has 0 aliphatic carbocycles. The van der Waals surface area contributed by atoms with Crippen molar-refractivity contribution in [2.24, 2.45) is 11.8 Å². The van der Waals surface area contributed by atoms with Crippen LogP contribution < -0.4 is 9.80 Å². The van der Waals surface area contributed by atoms with Crippen LogP contribution in [0.5, 0.6) is 0 Å². The molecule has 2 amide bonds. The summed E-state index contributed by atoms with van der Waals surface area (Å²) in [5.74, 6) is -2.26. The van der Waals surface area contributed by atoms with Gasteiger partial charge in [0.2, 0.25) is 5.91 Å². The van der Waals surface area contributed by atoms with Crippen molar-refractivity contribution in [3.63, 3.8) is 0 Å². The summed E-state index contributed by atoms with van der Waals surface area (Å²) < 4.78 is 4.58. The molecule has 9 heteroatoms. The third kappa shape index (κ3) is 4.07. The second kappa shape index (κ2) is 10.2. The number of hydrogen-bond acceptors (Lipinski definition) is 7. The second-order valence-electron chi connectivity index (χ2n) is 10.0. The Morgan fingerprint density at radius 2 is 1.86 bits per heavy atom. The fraction of sp³-hybridized carbons (Fsp3) is 0.536. The summed E-state index contributed by atoms with van der Waals surface area (Å²) in [6.07, 6.45) is 8.55. The first kappa shape index (κ1) is 25.9. The van der Waals surface area contributed by atoms with Crippen LogP contribution in [-0.2, 0) is 19.1 Å². The van der Waals surface area contributed by atoms with Crippen LogP contribution in [0.2, 0.25) is 0 Å².